The number of carbonyl (C=O) groups excluding carboxylic acids is 1. The van der Waals surface area contributed by atoms with E-state index in [4.69, 9.17) is 0 Å². The lowest BCUT2D eigenvalue weighted by atomic mass is 10.0. The number of benzene rings is 1. The van der Waals surface area contributed by atoms with E-state index in [1.807, 2.05) is 0 Å². The number of nitrogens with zero attached hydrogens (tertiary/aromatic N) is 1. The molecule has 0 unspecified atom stereocenters. The number of nitrogens with one attached hydrogen (secondary N) is 2. The predicted molar refractivity (Wildman–Crippen MR) is 91.0 cm³/mol. The van der Waals surface area contributed by atoms with Crippen LogP contribution in [0.3, 0.4) is 0 Å². The lowest BCUT2D eigenvalue weighted by molar-refractivity contribution is -0.126. The van der Waals surface area contributed by atoms with Crippen LogP contribution in [0.2, 0.25) is 0 Å². The molecule has 3 rings (SSSR count). The Labute approximate surface area is 139 Å². The summed E-state index contributed by atoms with van der Waals surface area (Å²) in [6.07, 6.45) is 4.05. The summed E-state index contributed by atoms with van der Waals surface area (Å²) in [6, 6.07) is 8.67. The molecule has 1 amide bonds. The van der Waals surface area contributed by atoms with Crippen LogP contribution >= 0.6 is 12.4 Å². The van der Waals surface area contributed by atoms with E-state index in [0.29, 0.717) is 6.54 Å². The van der Waals surface area contributed by atoms with Gasteiger partial charge in [-0.05, 0) is 37.1 Å². The van der Waals surface area contributed by atoms with Crippen molar-refractivity contribution in [3.8, 4) is 0 Å². The van der Waals surface area contributed by atoms with Crippen molar-refractivity contribution in [2.24, 2.45) is 5.92 Å². The topological polar surface area (TPSA) is 44.4 Å². The minimum absolute atomic E-state index is 0. The molecule has 2 aliphatic rings. The highest BCUT2D eigenvalue weighted by Crippen LogP contribution is 2.13. The van der Waals surface area contributed by atoms with Crippen LogP contribution in [0.25, 0.3) is 0 Å². The summed E-state index contributed by atoms with van der Waals surface area (Å²) in [5, 5.41) is 6.13. The van der Waals surface area contributed by atoms with Gasteiger partial charge in [0.05, 0.1) is 5.92 Å². The van der Waals surface area contributed by atoms with Crippen LogP contribution < -0.4 is 10.6 Å². The Hall–Kier alpha value is -1.10. The molecule has 0 saturated carbocycles. The second-order valence-electron chi connectivity index (χ2n) is 6.23. The van der Waals surface area contributed by atoms with Crippen molar-refractivity contribution in [3.05, 3.63) is 35.4 Å². The van der Waals surface area contributed by atoms with Gasteiger partial charge in [0, 0.05) is 26.2 Å². The maximum Gasteiger partial charge on any atom is 0.225 e. The molecule has 1 aromatic rings. The molecule has 2 fully saturated rings. The Morgan fingerprint density at radius 1 is 1.09 bits per heavy atom. The molecule has 22 heavy (non-hydrogen) atoms. The van der Waals surface area contributed by atoms with Crippen molar-refractivity contribution in [1.29, 1.82) is 0 Å². The fourth-order valence-electron chi connectivity index (χ4n) is 2.95. The third-order valence-corrected chi connectivity index (χ3v) is 4.50. The minimum Gasteiger partial charge on any atom is -0.352 e. The molecule has 0 aliphatic carbocycles. The normalized spacial score (nSPS) is 19.1. The van der Waals surface area contributed by atoms with E-state index in [1.54, 1.807) is 0 Å². The van der Waals surface area contributed by atoms with E-state index in [2.05, 4.69) is 39.8 Å². The molecule has 0 aromatic heterocycles. The van der Waals surface area contributed by atoms with Crippen LogP contribution in [0.4, 0.5) is 0 Å². The first kappa shape index (κ1) is 17.3. The number of amides is 1. The largest absolute Gasteiger partial charge is 0.352 e. The summed E-state index contributed by atoms with van der Waals surface area (Å²) >= 11 is 0. The number of piperidine rings is 1. The van der Waals surface area contributed by atoms with Crippen LogP contribution in [0.15, 0.2) is 24.3 Å². The second-order valence-corrected chi connectivity index (χ2v) is 6.23. The number of hydrogen-bond donors (Lipinski definition) is 2. The van der Waals surface area contributed by atoms with Gasteiger partial charge in [-0.2, -0.15) is 0 Å². The van der Waals surface area contributed by atoms with E-state index in [-0.39, 0.29) is 24.2 Å². The third-order valence-electron chi connectivity index (χ3n) is 4.50. The summed E-state index contributed by atoms with van der Waals surface area (Å²) in [6.45, 7) is 5.79. The minimum atomic E-state index is 0. The average molecular weight is 324 g/mol. The number of hydrogen-bond acceptors (Lipinski definition) is 3. The number of likely N-dealkylation sites (tertiary alicyclic amines) is 1. The van der Waals surface area contributed by atoms with Gasteiger partial charge in [-0.25, -0.2) is 0 Å². The van der Waals surface area contributed by atoms with Gasteiger partial charge in [0.25, 0.3) is 0 Å². The number of carbonyl (C=O) groups is 1. The fourth-order valence-corrected chi connectivity index (χ4v) is 2.95. The van der Waals surface area contributed by atoms with Crippen molar-refractivity contribution < 1.29 is 4.79 Å². The van der Waals surface area contributed by atoms with E-state index in [1.165, 1.54) is 43.5 Å². The van der Waals surface area contributed by atoms with Gasteiger partial charge in [-0.3, -0.25) is 9.69 Å². The molecule has 0 spiro atoms. The average Bonchev–Trinajstić information content (AvgIpc) is 2.46. The Kier molecular flexibility index (Phi) is 6.68. The highest BCUT2D eigenvalue weighted by molar-refractivity contribution is 5.85. The molecule has 1 aromatic carbocycles. The molecule has 2 aliphatic heterocycles. The van der Waals surface area contributed by atoms with Crippen LogP contribution in [-0.2, 0) is 17.9 Å². The third kappa shape index (κ3) is 4.70. The number of rotatable bonds is 5. The molecule has 2 saturated heterocycles. The van der Waals surface area contributed by atoms with Crippen LogP contribution in [0.5, 0.6) is 0 Å². The monoisotopic (exact) mass is 323 g/mol. The second kappa shape index (κ2) is 8.51. The zero-order valence-electron chi connectivity index (χ0n) is 13.0. The maximum absolute atomic E-state index is 11.8. The van der Waals surface area contributed by atoms with Crippen molar-refractivity contribution >= 4 is 18.3 Å². The van der Waals surface area contributed by atoms with Gasteiger partial charge in [-0.1, -0.05) is 30.7 Å². The molecule has 2 N–H and O–H groups in total. The van der Waals surface area contributed by atoms with Crippen LogP contribution in [0.1, 0.15) is 30.4 Å². The van der Waals surface area contributed by atoms with Gasteiger partial charge in [0.1, 0.15) is 0 Å². The Morgan fingerprint density at radius 2 is 1.73 bits per heavy atom. The summed E-state index contributed by atoms with van der Waals surface area (Å²) in [4.78, 5) is 14.3. The van der Waals surface area contributed by atoms with Crippen molar-refractivity contribution in [2.45, 2.75) is 32.4 Å². The van der Waals surface area contributed by atoms with Gasteiger partial charge in [0.2, 0.25) is 5.91 Å². The van der Waals surface area contributed by atoms with E-state index in [9.17, 15) is 4.79 Å². The van der Waals surface area contributed by atoms with Gasteiger partial charge in [0.15, 0.2) is 0 Å². The highest BCUT2D eigenvalue weighted by Gasteiger charge is 2.24. The van der Waals surface area contributed by atoms with Crippen molar-refractivity contribution in [3.63, 3.8) is 0 Å². The first-order chi connectivity index (χ1) is 10.3. The molecule has 2 heterocycles. The van der Waals surface area contributed by atoms with Crippen molar-refractivity contribution in [1.82, 2.24) is 15.5 Å². The van der Waals surface area contributed by atoms with Crippen molar-refractivity contribution in [2.75, 3.05) is 26.2 Å². The fraction of sp³-hybridized carbons (Fsp3) is 0.588. The van der Waals surface area contributed by atoms with Gasteiger partial charge >= 0.3 is 0 Å². The predicted octanol–water partition coefficient (Wildman–Crippen LogP) is 1.93. The Balaban J connectivity index is 0.00000176. The SMILES string of the molecule is Cl.O=C(NCc1ccc(CN2CCCCC2)cc1)C1CNC1. The molecule has 5 heteroatoms. The molecule has 0 radical (unpaired) electrons. The van der Waals surface area contributed by atoms with Crippen LogP contribution in [0, 0.1) is 5.92 Å². The van der Waals surface area contributed by atoms with Crippen LogP contribution in [-0.4, -0.2) is 37.0 Å². The quantitative estimate of drug-likeness (QED) is 0.870. The molecular weight excluding hydrogens is 298 g/mol. The van der Waals surface area contributed by atoms with E-state index < -0.39 is 0 Å². The van der Waals surface area contributed by atoms with E-state index >= 15 is 0 Å². The van der Waals surface area contributed by atoms with E-state index in [0.717, 1.165) is 19.6 Å². The lowest BCUT2D eigenvalue weighted by Crippen LogP contribution is -2.50. The first-order valence-electron chi connectivity index (χ1n) is 8.10. The zero-order valence-corrected chi connectivity index (χ0v) is 13.8. The summed E-state index contributed by atoms with van der Waals surface area (Å²) < 4.78 is 0. The standard InChI is InChI=1S/C17H25N3O.ClH/c21-17(16-11-18-12-16)19-10-14-4-6-15(7-5-14)13-20-8-2-1-3-9-20;/h4-7,16,18H,1-3,8-13H2,(H,19,21);1H. The molecular formula is C17H26ClN3O. The smallest absolute Gasteiger partial charge is 0.225 e. The molecule has 0 bridgehead atoms. The zero-order chi connectivity index (χ0) is 14.5. The summed E-state index contributed by atoms with van der Waals surface area (Å²) in [5.74, 6) is 0.342. The number of halogens is 1. The highest BCUT2D eigenvalue weighted by atomic mass is 35.5. The molecule has 122 valence electrons. The Bertz CT molecular complexity index is 467. The summed E-state index contributed by atoms with van der Waals surface area (Å²) in [7, 11) is 0. The molecule has 4 nitrogen and oxygen atoms in total. The lowest BCUT2D eigenvalue weighted by Gasteiger charge is -2.26. The van der Waals surface area contributed by atoms with Gasteiger partial charge < -0.3 is 10.6 Å². The maximum atomic E-state index is 11.8. The Morgan fingerprint density at radius 3 is 2.32 bits per heavy atom. The van der Waals surface area contributed by atoms with Gasteiger partial charge in [-0.15, -0.1) is 12.4 Å². The molecule has 0 atom stereocenters. The first-order valence-corrected chi connectivity index (χ1v) is 8.10. The summed E-state index contributed by atoms with van der Waals surface area (Å²) in [5.41, 5.74) is 2.55.